The number of anilines is 3. The van der Waals surface area contributed by atoms with Crippen LogP contribution in [0, 0.1) is 0 Å². The third-order valence-corrected chi connectivity index (χ3v) is 7.23. The smallest absolute Gasteiger partial charge is 0.261 e. The van der Waals surface area contributed by atoms with Crippen molar-refractivity contribution >= 4 is 50.5 Å². The van der Waals surface area contributed by atoms with Crippen molar-refractivity contribution in [3.05, 3.63) is 107 Å². The average Bonchev–Trinajstić information content (AvgIpc) is 2.95. The van der Waals surface area contributed by atoms with Crippen LogP contribution in [0.1, 0.15) is 20.7 Å². The molecule has 0 saturated heterocycles. The van der Waals surface area contributed by atoms with Gasteiger partial charge in [0.15, 0.2) is 0 Å². The fourth-order valence-corrected chi connectivity index (χ4v) is 4.77. The molecule has 0 fully saturated rings. The first-order valence-corrected chi connectivity index (χ1v) is 13.4. The highest BCUT2D eigenvalue weighted by molar-refractivity contribution is 7.92. The summed E-state index contributed by atoms with van der Waals surface area (Å²) < 4.78 is 38.7. The van der Waals surface area contributed by atoms with Crippen LogP contribution in [0.4, 0.5) is 17.1 Å². The highest BCUT2D eigenvalue weighted by Crippen LogP contribution is 2.37. The lowest BCUT2D eigenvalue weighted by molar-refractivity contribution is 0.101. The Morgan fingerprint density at radius 3 is 1.67 bits per heavy atom. The standard InChI is InChI=1S/C28H24ClN3O6S/c1-37-25-17-24(26(38-2)16-23(25)30-27(33)18-6-4-3-5-7-18)31-28(34)19-8-14-22(15-9-19)39(35,36)32-21-12-10-20(29)11-13-21/h3-17,32H,1-2H3,(H,30,33)(H,31,34). The Hall–Kier alpha value is -4.54. The first-order valence-electron chi connectivity index (χ1n) is 11.5. The number of hydrogen-bond donors (Lipinski definition) is 3. The molecule has 11 heteroatoms. The zero-order chi connectivity index (χ0) is 28.0. The summed E-state index contributed by atoms with van der Waals surface area (Å²) in [6, 6.07) is 23.4. The Labute approximate surface area is 230 Å². The Bertz CT molecular complexity index is 1590. The van der Waals surface area contributed by atoms with Crippen LogP contribution < -0.4 is 24.8 Å². The van der Waals surface area contributed by atoms with Crippen LogP contribution in [-0.4, -0.2) is 34.5 Å². The highest BCUT2D eigenvalue weighted by atomic mass is 35.5. The number of methoxy groups -OCH3 is 2. The van der Waals surface area contributed by atoms with E-state index in [1.807, 2.05) is 6.07 Å². The van der Waals surface area contributed by atoms with Gasteiger partial charge in [-0.2, -0.15) is 0 Å². The molecular weight excluding hydrogens is 542 g/mol. The van der Waals surface area contributed by atoms with Crippen molar-refractivity contribution < 1.29 is 27.5 Å². The summed E-state index contributed by atoms with van der Waals surface area (Å²) in [6.45, 7) is 0. The number of carbonyl (C=O) groups excluding carboxylic acids is 2. The molecule has 0 atom stereocenters. The molecule has 4 aromatic rings. The van der Waals surface area contributed by atoms with Crippen LogP contribution in [0.3, 0.4) is 0 Å². The van der Waals surface area contributed by atoms with Gasteiger partial charge < -0.3 is 20.1 Å². The van der Waals surface area contributed by atoms with Gasteiger partial charge in [0.05, 0.1) is 30.5 Å². The molecule has 0 aliphatic heterocycles. The zero-order valence-electron chi connectivity index (χ0n) is 20.9. The highest BCUT2D eigenvalue weighted by Gasteiger charge is 2.18. The van der Waals surface area contributed by atoms with E-state index < -0.39 is 15.9 Å². The van der Waals surface area contributed by atoms with Gasteiger partial charge in [0, 0.05) is 34.0 Å². The van der Waals surface area contributed by atoms with Gasteiger partial charge in [-0.3, -0.25) is 14.3 Å². The third kappa shape index (κ3) is 6.67. The number of benzene rings is 4. The molecule has 0 spiro atoms. The summed E-state index contributed by atoms with van der Waals surface area (Å²) in [5.41, 5.74) is 1.67. The SMILES string of the molecule is COc1cc(NC(=O)c2ccc(S(=O)(=O)Nc3ccc(Cl)cc3)cc2)c(OC)cc1NC(=O)c1ccccc1. The minimum atomic E-state index is -3.88. The predicted molar refractivity (Wildman–Crippen MR) is 151 cm³/mol. The first-order chi connectivity index (χ1) is 18.7. The van der Waals surface area contributed by atoms with E-state index in [1.165, 1.54) is 50.6 Å². The molecule has 0 radical (unpaired) electrons. The minimum absolute atomic E-state index is 0.0215. The van der Waals surface area contributed by atoms with Gasteiger partial charge in [0.25, 0.3) is 21.8 Å². The van der Waals surface area contributed by atoms with Gasteiger partial charge >= 0.3 is 0 Å². The van der Waals surface area contributed by atoms with Crippen LogP contribution in [0.15, 0.2) is 95.9 Å². The van der Waals surface area contributed by atoms with Crippen molar-refractivity contribution in [2.24, 2.45) is 0 Å². The Kier molecular flexibility index (Phi) is 8.38. The topological polar surface area (TPSA) is 123 Å². The molecule has 0 heterocycles. The molecule has 0 unspecified atom stereocenters. The average molecular weight is 566 g/mol. The summed E-state index contributed by atoms with van der Waals surface area (Å²) in [6.07, 6.45) is 0. The summed E-state index contributed by atoms with van der Waals surface area (Å²) in [5.74, 6) is -0.275. The summed E-state index contributed by atoms with van der Waals surface area (Å²) in [7, 11) is -1.02. The zero-order valence-corrected chi connectivity index (χ0v) is 22.5. The van der Waals surface area contributed by atoms with E-state index in [4.69, 9.17) is 21.1 Å². The summed E-state index contributed by atoms with van der Waals surface area (Å²) in [5, 5.41) is 5.99. The second-order valence-electron chi connectivity index (χ2n) is 8.16. The van der Waals surface area contributed by atoms with E-state index in [0.29, 0.717) is 27.7 Å². The fraction of sp³-hybridized carbons (Fsp3) is 0.0714. The Morgan fingerprint density at radius 1 is 0.692 bits per heavy atom. The van der Waals surface area contributed by atoms with Crippen LogP contribution in [0.2, 0.25) is 5.02 Å². The number of carbonyl (C=O) groups is 2. The monoisotopic (exact) mass is 565 g/mol. The molecule has 0 aliphatic carbocycles. The molecule has 3 N–H and O–H groups in total. The second-order valence-corrected chi connectivity index (χ2v) is 10.3. The van der Waals surface area contributed by atoms with Gasteiger partial charge in [-0.15, -0.1) is 0 Å². The predicted octanol–water partition coefficient (Wildman–Crippen LogP) is 5.66. The maximum absolute atomic E-state index is 13.0. The molecule has 0 bridgehead atoms. The van der Waals surface area contributed by atoms with Crippen molar-refractivity contribution in [1.29, 1.82) is 0 Å². The fourth-order valence-electron chi connectivity index (χ4n) is 3.59. The number of ether oxygens (including phenoxy) is 2. The van der Waals surface area contributed by atoms with Crippen LogP contribution in [0.25, 0.3) is 0 Å². The van der Waals surface area contributed by atoms with Gasteiger partial charge in [0.2, 0.25) is 0 Å². The molecule has 2 amide bonds. The molecule has 0 saturated carbocycles. The molecule has 4 aromatic carbocycles. The van der Waals surface area contributed by atoms with E-state index in [9.17, 15) is 18.0 Å². The van der Waals surface area contributed by atoms with Gasteiger partial charge in [-0.25, -0.2) is 8.42 Å². The maximum Gasteiger partial charge on any atom is 0.261 e. The van der Waals surface area contributed by atoms with Crippen molar-refractivity contribution in [1.82, 2.24) is 0 Å². The lowest BCUT2D eigenvalue weighted by Gasteiger charge is -2.16. The normalized spacial score (nSPS) is 10.8. The molecule has 9 nitrogen and oxygen atoms in total. The van der Waals surface area contributed by atoms with Crippen LogP contribution >= 0.6 is 11.6 Å². The molecule has 39 heavy (non-hydrogen) atoms. The molecule has 4 rings (SSSR count). The first kappa shape index (κ1) is 27.5. The van der Waals surface area contributed by atoms with Crippen molar-refractivity contribution in [3.8, 4) is 11.5 Å². The number of sulfonamides is 1. The van der Waals surface area contributed by atoms with E-state index in [-0.39, 0.29) is 27.8 Å². The van der Waals surface area contributed by atoms with E-state index >= 15 is 0 Å². The van der Waals surface area contributed by atoms with Gasteiger partial charge in [-0.05, 0) is 60.7 Å². The van der Waals surface area contributed by atoms with Crippen molar-refractivity contribution in [2.45, 2.75) is 4.90 Å². The van der Waals surface area contributed by atoms with E-state index in [2.05, 4.69) is 15.4 Å². The molecule has 0 aliphatic rings. The second kappa shape index (κ2) is 11.9. The maximum atomic E-state index is 13.0. The van der Waals surface area contributed by atoms with Crippen molar-refractivity contribution in [3.63, 3.8) is 0 Å². The molecule has 0 aromatic heterocycles. The number of nitrogens with one attached hydrogen (secondary N) is 3. The van der Waals surface area contributed by atoms with Gasteiger partial charge in [-0.1, -0.05) is 29.8 Å². The van der Waals surface area contributed by atoms with Crippen molar-refractivity contribution in [2.75, 3.05) is 29.6 Å². The van der Waals surface area contributed by atoms with Crippen LogP contribution in [-0.2, 0) is 10.0 Å². The van der Waals surface area contributed by atoms with Gasteiger partial charge in [0.1, 0.15) is 11.5 Å². The van der Waals surface area contributed by atoms with E-state index in [1.54, 1.807) is 48.5 Å². The quantitative estimate of drug-likeness (QED) is 0.240. The lowest BCUT2D eigenvalue weighted by atomic mass is 10.1. The number of amides is 2. The van der Waals surface area contributed by atoms with Crippen LogP contribution in [0.5, 0.6) is 11.5 Å². The lowest BCUT2D eigenvalue weighted by Crippen LogP contribution is -2.16. The third-order valence-electron chi connectivity index (χ3n) is 5.58. The minimum Gasteiger partial charge on any atom is -0.494 e. The van der Waals surface area contributed by atoms with E-state index in [0.717, 1.165) is 0 Å². The number of halogens is 1. The molecule has 200 valence electrons. The molecular formula is C28H24ClN3O6S. The Balaban J connectivity index is 1.50. The summed E-state index contributed by atoms with van der Waals surface area (Å²) in [4.78, 5) is 25.6. The number of hydrogen-bond acceptors (Lipinski definition) is 6. The summed E-state index contributed by atoms with van der Waals surface area (Å²) >= 11 is 5.85. The Morgan fingerprint density at radius 2 is 1.18 bits per heavy atom. The largest absolute Gasteiger partial charge is 0.494 e. The number of rotatable bonds is 9.